The van der Waals surface area contributed by atoms with Gasteiger partial charge in [-0.05, 0) is 25.0 Å². The van der Waals surface area contributed by atoms with Gasteiger partial charge in [0, 0.05) is 18.0 Å². The second kappa shape index (κ2) is 8.25. The maximum Gasteiger partial charge on any atom is 0.410 e. The van der Waals surface area contributed by atoms with E-state index in [1.165, 1.54) is 0 Å². The van der Waals surface area contributed by atoms with Crippen LogP contribution in [0.5, 0.6) is 0 Å². The van der Waals surface area contributed by atoms with Gasteiger partial charge < -0.3 is 9.84 Å². The van der Waals surface area contributed by atoms with Gasteiger partial charge in [-0.2, -0.15) is 0 Å². The Bertz CT molecular complexity index is 1010. The van der Waals surface area contributed by atoms with Crippen molar-refractivity contribution in [2.75, 3.05) is 12.9 Å². The van der Waals surface area contributed by atoms with E-state index >= 15 is 0 Å². The van der Waals surface area contributed by atoms with Crippen LogP contribution in [0.2, 0.25) is 0 Å². The smallest absolute Gasteiger partial charge is 0.410 e. The predicted octanol–water partition coefficient (Wildman–Crippen LogP) is 2.32. The Hall–Kier alpha value is -2.63. The van der Waals surface area contributed by atoms with Crippen molar-refractivity contribution in [3.8, 4) is 11.1 Å². The molecule has 1 aromatic heterocycles. The first-order valence-corrected chi connectivity index (χ1v) is 11.0. The number of aromatic nitrogens is 2. The van der Waals surface area contributed by atoms with Crippen molar-refractivity contribution in [1.29, 1.82) is 0 Å². The molecular weight excluding hydrogens is 415 g/mol. The highest BCUT2D eigenvalue weighted by atomic mass is 32.2. The van der Waals surface area contributed by atoms with Gasteiger partial charge >= 0.3 is 6.09 Å². The van der Waals surface area contributed by atoms with Gasteiger partial charge in [0.2, 0.25) is 10.0 Å². The summed E-state index contributed by atoms with van der Waals surface area (Å²) in [5.74, 6) is 0.335. The lowest BCUT2D eigenvalue weighted by Gasteiger charge is -2.29. The van der Waals surface area contributed by atoms with Gasteiger partial charge in [-0.3, -0.25) is 4.90 Å². The third-order valence-electron chi connectivity index (χ3n) is 4.81. The average Bonchev–Trinajstić information content (AvgIpc) is 2.97. The molecule has 0 aliphatic carbocycles. The molecule has 3 rings (SSSR count). The Morgan fingerprint density at radius 3 is 2.33 bits per heavy atom. The summed E-state index contributed by atoms with van der Waals surface area (Å²) in [4.78, 5) is 20.9. The Labute approximate surface area is 174 Å². The number of sulfonamides is 1. The van der Waals surface area contributed by atoms with Crippen molar-refractivity contribution in [2.24, 2.45) is 0 Å². The van der Waals surface area contributed by atoms with E-state index in [1.807, 2.05) is 0 Å². The minimum Gasteiger partial charge on any atom is -0.465 e. The molecule has 0 saturated carbocycles. The molecule has 2 atom stereocenters. The van der Waals surface area contributed by atoms with Gasteiger partial charge in [-0.15, -0.1) is 0 Å². The number of halogens is 1. The van der Waals surface area contributed by atoms with Crippen molar-refractivity contribution in [1.82, 2.24) is 19.6 Å². The zero-order valence-corrected chi connectivity index (χ0v) is 17.6. The summed E-state index contributed by atoms with van der Waals surface area (Å²) < 4.78 is 44.1. The molecule has 162 valence electrons. The van der Waals surface area contributed by atoms with Crippen LogP contribution < -0.4 is 4.72 Å². The summed E-state index contributed by atoms with van der Waals surface area (Å²) in [5.41, 5.74) is 1.03. The number of carbonyl (C=O) groups is 1. The molecule has 0 radical (unpaired) electrons. The molecule has 9 nitrogen and oxygen atoms in total. The summed E-state index contributed by atoms with van der Waals surface area (Å²) in [6.07, 6.45) is 2.25. The lowest BCUT2D eigenvalue weighted by atomic mass is 10.00. The second-order valence-electron chi connectivity index (χ2n) is 7.46. The van der Waals surface area contributed by atoms with E-state index < -0.39 is 40.7 Å². The fourth-order valence-electron chi connectivity index (χ4n) is 3.45. The van der Waals surface area contributed by atoms with Gasteiger partial charge in [0.1, 0.15) is 24.3 Å². The highest BCUT2D eigenvalue weighted by molar-refractivity contribution is 7.88. The van der Waals surface area contributed by atoms with Crippen molar-refractivity contribution in [3.05, 3.63) is 48.0 Å². The predicted molar refractivity (Wildman–Crippen MR) is 107 cm³/mol. The number of rotatable bonds is 6. The number of alkyl halides is 1. The van der Waals surface area contributed by atoms with Gasteiger partial charge in [0.25, 0.3) is 0 Å². The van der Waals surface area contributed by atoms with Gasteiger partial charge in [-0.1, -0.05) is 24.3 Å². The Morgan fingerprint density at radius 2 is 1.83 bits per heavy atom. The molecular formula is C19H23FN4O5S. The molecule has 30 heavy (non-hydrogen) atoms. The highest BCUT2D eigenvalue weighted by Gasteiger charge is 2.50. The Kier molecular flexibility index (Phi) is 6.06. The van der Waals surface area contributed by atoms with E-state index in [1.54, 1.807) is 50.5 Å². The van der Waals surface area contributed by atoms with Gasteiger partial charge in [0.15, 0.2) is 0 Å². The van der Waals surface area contributed by atoms with Crippen LogP contribution in [-0.4, -0.2) is 59.2 Å². The zero-order valence-electron chi connectivity index (χ0n) is 16.7. The van der Waals surface area contributed by atoms with Crippen LogP contribution in [0.15, 0.2) is 36.7 Å². The molecule has 2 aromatic rings. The van der Waals surface area contributed by atoms with E-state index in [2.05, 4.69) is 14.7 Å². The third kappa shape index (κ3) is 4.74. The van der Waals surface area contributed by atoms with Gasteiger partial charge in [0.05, 0.1) is 18.8 Å². The minimum atomic E-state index is -3.33. The van der Waals surface area contributed by atoms with E-state index in [0.717, 1.165) is 16.7 Å². The molecule has 2 N–H and O–H groups in total. The van der Waals surface area contributed by atoms with Crippen molar-refractivity contribution >= 4 is 16.1 Å². The average molecular weight is 438 g/mol. The number of hydrogen-bond donors (Lipinski definition) is 2. The van der Waals surface area contributed by atoms with Crippen molar-refractivity contribution < 1.29 is 27.4 Å². The van der Waals surface area contributed by atoms with Crippen LogP contribution in [0.3, 0.4) is 0 Å². The maximum atomic E-state index is 13.7. The summed E-state index contributed by atoms with van der Waals surface area (Å²) >= 11 is 0. The fraction of sp³-hybridized carbons (Fsp3) is 0.421. The monoisotopic (exact) mass is 438 g/mol. The third-order valence-corrected chi connectivity index (χ3v) is 5.48. The van der Waals surface area contributed by atoms with Crippen molar-refractivity contribution in [2.45, 2.75) is 38.3 Å². The molecule has 1 aliphatic heterocycles. The van der Waals surface area contributed by atoms with Crippen LogP contribution in [0, 0.1) is 0 Å². The van der Waals surface area contributed by atoms with Crippen LogP contribution in [0.4, 0.5) is 9.18 Å². The first kappa shape index (κ1) is 22.1. The van der Waals surface area contributed by atoms with Gasteiger partial charge in [-0.25, -0.2) is 32.3 Å². The summed E-state index contributed by atoms with van der Waals surface area (Å²) in [5, 5.41) is 9.44. The molecule has 2 unspecified atom stereocenters. The molecule has 1 saturated heterocycles. The number of nitrogens with one attached hydrogen (secondary N) is 1. The normalized spacial score (nSPS) is 21.0. The van der Waals surface area contributed by atoms with E-state index in [9.17, 15) is 22.7 Å². The molecule has 2 heterocycles. The van der Waals surface area contributed by atoms with Crippen LogP contribution in [0.25, 0.3) is 11.1 Å². The van der Waals surface area contributed by atoms with E-state index in [-0.39, 0.29) is 6.54 Å². The molecule has 0 spiro atoms. The molecule has 1 fully saturated rings. The molecule has 1 aliphatic rings. The van der Waals surface area contributed by atoms with E-state index in [0.29, 0.717) is 17.0 Å². The number of benzene rings is 1. The lowest BCUT2D eigenvalue weighted by Crippen LogP contribution is -2.48. The summed E-state index contributed by atoms with van der Waals surface area (Å²) in [6, 6.07) is 6.15. The fourth-order valence-corrected chi connectivity index (χ4v) is 3.84. The zero-order chi connectivity index (χ0) is 22.1. The largest absolute Gasteiger partial charge is 0.465 e. The number of carboxylic acid groups (broad SMARTS) is 1. The van der Waals surface area contributed by atoms with Crippen molar-refractivity contribution in [3.63, 3.8) is 0 Å². The van der Waals surface area contributed by atoms with Crippen LogP contribution >= 0.6 is 0 Å². The SMILES string of the molecule is CC1(C)OC(c2ccc(-c3cnc(CNS(C)(=O)=O)nc3)cc2)C(CF)N1C(=O)O. The Morgan fingerprint density at radius 1 is 1.23 bits per heavy atom. The van der Waals surface area contributed by atoms with E-state index in [4.69, 9.17) is 4.74 Å². The molecule has 11 heteroatoms. The lowest BCUT2D eigenvalue weighted by molar-refractivity contribution is -0.0674. The maximum absolute atomic E-state index is 13.7. The van der Waals surface area contributed by atoms with Crippen LogP contribution in [0.1, 0.15) is 31.3 Å². The number of nitrogens with zero attached hydrogens (tertiary/aromatic N) is 3. The summed E-state index contributed by atoms with van der Waals surface area (Å²) in [7, 11) is -3.33. The first-order valence-electron chi connectivity index (χ1n) is 9.14. The minimum absolute atomic E-state index is 0.00243. The second-order valence-corrected chi connectivity index (χ2v) is 9.30. The number of amides is 1. The molecule has 1 aromatic carbocycles. The first-order chi connectivity index (χ1) is 14.0. The topological polar surface area (TPSA) is 122 Å². The number of ether oxygens (including phenoxy) is 1. The summed E-state index contributed by atoms with van der Waals surface area (Å²) in [6.45, 7) is 2.32. The quantitative estimate of drug-likeness (QED) is 0.710. The molecule has 0 bridgehead atoms. The molecule has 1 amide bonds. The Balaban J connectivity index is 1.77. The van der Waals surface area contributed by atoms with Crippen LogP contribution in [-0.2, 0) is 21.3 Å². The standard InChI is InChI=1S/C19H23FN4O5S/c1-19(2)24(18(25)26)15(8-20)17(29-19)13-6-4-12(5-7-13)14-9-21-16(22-10-14)11-23-30(3,27)28/h4-7,9-10,15,17,23H,8,11H2,1-3H3,(H,25,26). The highest BCUT2D eigenvalue weighted by Crippen LogP contribution is 2.41. The number of hydrogen-bond acceptors (Lipinski definition) is 6.